The summed E-state index contributed by atoms with van der Waals surface area (Å²) in [6, 6.07) is 19.1. The number of urea groups is 1. The van der Waals surface area contributed by atoms with Crippen LogP contribution >= 0.6 is 0 Å². The van der Waals surface area contributed by atoms with Crippen molar-refractivity contribution in [3.8, 4) is 5.75 Å². The molecule has 1 heterocycles. The van der Waals surface area contributed by atoms with Crippen LogP contribution < -0.4 is 15.0 Å². The number of para-hydroxylation sites is 1. The molecule has 0 radical (unpaired) electrons. The highest BCUT2D eigenvalue weighted by atomic mass is 16.5. The highest BCUT2D eigenvalue weighted by Crippen LogP contribution is 2.26. The quantitative estimate of drug-likeness (QED) is 0.429. The first-order chi connectivity index (χ1) is 16.3. The van der Waals surface area contributed by atoms with Gasteiger partial charge in [0.25, 0.3) is 11.8 Å². The lowest BCUT2D eigenvalue weighted by Crippen LogP contribution is -2.54. The maximum absolute atomic E-state index is 13.1. The summed E-state index contributed by atoms with van der Waals surface area (Å²) in [7, 11) is 0. The molecule has 8 nitrogen and oxygen atoms in total. The van der Waals surface area contributed by atoms with Crippen LogP contribution in [0.25, 0.3) is 6.08 Å². The maximum Gasteiger partial charge on any atom is 0.335 e. The number of aromatic carboxylic acids is 1. The van der Waals surface area contributed by atoms with Crippen LogP contribution in [-0.2, 0) is 16.2 Å². The summed E-state index contributed by atoms with van der Waals surface area (Å²) in [5.74, 6) is -2.14. The van der Waals surface area contributed by atoms with Gasteiger partial charge in [0.2, 0.25) is 0 Å². The molecular weight excluding hydrogens is 436 g/mol. The number of carboxylic acids is 1. The number of rotatable bonds is 6. The van der Waals surface area contributed by atoms with Gasteiger partial charge in [-0.15, -0.1) is 0 Å². The number of carbonyl (C=O) groups excluding carboxylic acids is 3. The Morgan fingerprint density at radius 3 is 2.32 bits per heavy atom. The van der Waals surface area contributed by atoms with Crippen LogP contribution in [0.1, 0.15) is 27.0 Å². The number of aryl methyl sites for hydroxylation is 1. The Labute approximate surface area is 195 Å². The number of hydrogen-bond donors (Lipinski definition) is 2. The lowest BCUT2D eigenvalue weighted by molar-refractivity contribution is -0.122. The van der Waals surface area contributed by atoms with E-state index in [4.69, 9.17) is 9.84 Å². The number of carbonyl (C=O) groups is 4. The minimum absolute atomic E-state index is 0.147. The number of imide groups is 2. The highest BCUT2D eigenvalue weighted by molar-refractivity contribution is 6.39. The second-order valence-electron chi connectivity index (χ2n) is 7.62. The number of hydrogen-bond acceptors (Lipinski definition) is 5. The normalized spacial score (nSPS) is 14.8. The van der Waals surface area contributed by atoms with Gasteiger partial charge in [-0.05, 0) is 48.9 Å². The molecule has 1 saturated heterocycles. The monoisotopic (exact) mass is 456 g/mol. The van der Waals surface area contributed by atoms with Gasteiger partial charge < -0.3 is 9.84 Å². The molecule has 2 N–H and O–H groups in total. The van der Waals surface area contributed by atoms with Crippen LogP contribution in [-0.4, -0.2) is 28.9 Å². The number of barbiturate groups is 1. The van der Waals surface area contributed by atoms with E-state index >= 15 is 0 Å². The topological polar surface area (TPSA) is 113 Å². The first kappa shape index (κ1) is 22.5. The van der Waals surface area contributed by atoms with Crippen molar-refractivity contribution in [2.24, 2.45) is 0 Å². The van der Waals surface area contributed by atoms with E-state index in [-0.39, 0.29) is 17.7 Å². The van der Waals surface area contributed by atoms with Gasteiger partial charge in [-0.25, -0.2) is 14.5 Å². The second-order valence-corrected chi connectivity index (χ2v) is 7.62. The Morgan fingerprint density at radius 1 is 0.971 bits per heavy atom. The van der Waals surface area contributed by atoms with E-state index in [2.05, 4.69) is 5.32 Å². The van der Waals surface area contributed by atoms with E-state index in [1.54, 1.807) is 60.7 Å². The zero-order chi connectivity index (χ0) is 24.2. The zero-order valence-corrected chi connectivity index (χ0v) is 18.1. The Bertz CT molecular complexity index is 1310. The maximum atomic E-state index is 13.1. The van der Waals surface area contributed by atoms with Gasteiger partial charge in [0, 0.05) is 5.56 Å². The molecule has 8 heteroatoms. The number of nitrogens with one attached hydrogen (secondary N) is 1. The standard InChI is InChI=1S/C26H20N2O6/c1-16-6-12-20(13-7-16)28-24(30)21(23(29)27-26(28)33)14-19-4-2-3-5-22(19)34-15-17-8-10-18(11-9-17)25(31)32/h2-14H,15H2,1H3,(H,31,32)(H,27,29,33). The Kier molecular flexibility index (Phi) is 6.22. The number of carboxylic acid groups (broad SMARTS) is 1. The highest BCUT2D eigenvalue weighted by Gasteiger charge is 2.36. The molecule has 0 atom stereocenters. The van der Waals surface area contributed by atoms with Gasteiger partial charge in [0.05, 0.1) is 11.3 Å². The smallest absolute Gasteiger partial charge is 0.335 e. The minimum atomic E-state index is -1.02. The predicted octanol–water partition coefficient (Wildman–Crippen LogP) is 3.94. The van der Waals surface area contributed by atoms with Gasteiger partial charge in [-0.2, -0.15) is 0 Å². The van der Waals surface area contributed by atoms with Crippen molar-refractivity contribution in [1.82, 2.24) is 5.32 Å². The van der Waals surface area contributed by atoms with Gasteiger partial charge in [-0.1, -0.05) is 48.0 Å². The van der Waals surface area contributed by atoms with Crippen molar-refractivity contribution < 1.29 is 29.0 Å². The van der Waals surface area contributed by atoms with Crippen molar-refractivity contribution in [2.75, 3.05) is 4.90 Å². The van der Waals surface area contributed by atoms with Crippen LogP contribution in [0, 0.1) is 6.92 Å². The molecule has 0 bridgehead atoms. The van der Waals surface area contributed by atoms with E-state index in [0.29, 0.717) is 17.0 Å². The van der Waals surface area contributed by atoms with Crippen molar-refractivity contribution in [3.05, 3.63) is 101 Å². The molecule has 0 saturated carbocycles. The van der Waals surface area contributed by atoms with E-state index < -0.39 is 23.8 Å². The van der Waals surface area contributed by atoms with Crippen LogP contribution in [0.2, 0.25) is 0 Å². The molecule has 4 rings (SSSR count). The summed E-state index contributed by atoms with van der Waals surface area (Å²) in [4.78, 5) is 49.9. The van der Waals surface area contributed by atoms with E-state index in [0.717, 1.165) is 16.0 Å². The fourth-order valence-electron chi connectivity index (χ4n) is 3.38. The van der Waals surface area contributed by atoms with Crippen molar-refractivity contribution in [3.63, 3.8) is 0 Å². The molecule has 1 aliphatic rings. The number of anilines is 1. The molecule has 170 valence electrons. The Balaban J connectivity index is 1.59. The number of amides is 4. The summed E-state index contributed by atoms with van der Waals surface area (Å²) < 4.78 is 5.87. The molecule has 1 fully saturated rings. The summed E-state index contributed by atoms with van der Waals surface area (Å²) >= 11 is 0. The first-order valence-corrected chi connectivity index (χ1v) is 10.4. The Morgan fingerprint density at radius 2 is 1.65 bits per heavy atom. The van der Waals surface area contributed by atoms with Gasteiger partial charge in [0.1, 0.15) is 17.9 Å². The molecule has 34 heavy (non-hydrogen) atoms. The summed E-state index contributed by atoms with van der Waals surface area (Å²) in [5.41, 5.74) is 2.49. The number of ether oxygens (including phenoxy) is 1. The molecule has 1 aliphatic heterocycles. The van der Waals surface area contributed by atoms with Gasteiger partial charge in [0.15, 0.2) is 0 Å². The minimum Gasteiger partial charge on any atom is -0.488 e. The fraction of sp³-hybridized carbons (Fsp3) is 0.0769. The average Bonchev–Trinajstić information content (AvgIpc) is 2.82. The molecular formula is C26H20N2O6. The average molecular weight is 456 g/mol. The Hall–Kier alpha value is -4.72. The number of nitrogens with zero attached hydrogens (tertiary/aromatic N) is 1. The summed E-state index contributed by atoms with van der Waals surface area (Å²) in [6.45, 7) is 2.03. The lowest BCUT2D eigenvalue weighted by Gasteiger charge is -2.26. The van der Waals surface area contributed by atoms with E-state index in [1.165, 1.54) is 18.2 Å². The first-order valence-electron chi connectivity index (χ1n) is 10.4. The zero-order valence-electron chi connectivity index (χ0n) is 18.1. The third-order valence-corrected chi connectivity index (χ3v) is 5.21. The SMILES string of the molecule is Cc1ccc(N2C(=O)NC(=O)C(=Cc3ccccc3OCc3ccc(C(=O)O)cc3)C2=O)cc1. The van der Waals surface area contributed by atoms with Crippen LogP contribution in [0.5, 0.6) is 5.75 Å². The molecule has 0 spiro atoms. The molecule has 4 amide bonds. The van der Waals surface area contributed by atoms with Crippen molar-refractivity contribution in [2.45, 2.75) is 13.5 Å². The molecule has 3 aromatic carbocycles. The second kappa shape index (κ2) is 9.41. The van der Waals surface area contributed by atoms with Crippen molar-refractivity contribution in [1.29, 1.82) is 0 Å². The summed E-state index contributed by atoms with van der Waals surface area (Å²) in [5, 5.41) is 11.2. The largest absolute Gasteiger partial charge is 0.488 e. The number of benzene rings is 3. The van der Waals surface area contributed by atoms with Crippen molar-refractivity contribution >= 4 is 35.6 Å². The molecule has 0 aliphatic carbocycles. The van der Waals surface area contributed by atoms with Crippen LogP contribution in [0.3, 0.4) is 0 Å². The lowest BCUT2D eigenvalue weighted by atomic mass is 10.1. The van der Waals surface area contributed by atoms with E-state index in [9.17, 15) is 19.2 Å². The third-order valence-electron chi connectivity index (χ3n) is 5.21. The molecule has 3 aromatic rings. The fourth-order valence-corrected chi connectivity index (χ4v) is 3.38. The molecule has 0 unspecified atom stereocenters. The van der Waals surface area contributed by atoms with Gasteiger partial charge >= 0.3 is 12.0 Å². The molecule has 0 aromatic heterocycles. The van der Waals surface area contributed by atoms with Crippen LogP contribution in [0.15, 0.2) is 78.4 Å². The van der Waals surface area contributed by atoms with E-state index in [1.807, 2.05) is 6.92 Å². The van der Waals surface area contributed by atoms with Gasteiger partial charge in [-0.3, -0.25) is 14.9 Å². The predicted molar refractivity (Wildman–Crippen MR) is 124 cm³/mol. The van der Waals surface area contributed by atoms with Crippen LogP contribution in [0.4, 0.5) is 10.5 Å². The summed E-state index contributed by atoms with van der Waals surface area (Å²) in [6.07, 6.45) is 1.38. The third kappa shape index (κ3) is 4.71.